The predicted octanol–water partition coefficient (Wildman–Crippen LogP) is 10.8. The minimum absolute atomic E-state index is 0.0122. The molecule has 50 heavy (non-hydrogen) atoms. The molecule has 0 saturated heterocycles. The van der Waals surface area contributed by atoms with Gasteiger partial charge in [-0.05, 0) is 90.6 Å². The quantitative estimate of drug-likeness (QED) is 0.0321. The molecule has 0 heterocycles. The molecular weight excluding hydrogens is 678 g/mol. The van der Waals surface area contributed by atoms with Crippen LogP contribution >= 0.6 is 11.8 Å². The lowest BCUT2D eigenvalue weighted by Crippen LogP contribution is -2.12. The highest BCUT2D eigenvalue weighted by atomic mass is 32.2. The van der Waals surface area contributed by atoms with Crippen molar-refractivity contribution in [3.05, 3.63) is 107 Å². The number of ketones is 2. The highest BCUT2D eigenvalue weighted by molar-refractivity contribution is 7.99. The van der Waals surface area contributed by atoms with Crippen molar-refractivity contribution in [2.75, 3.05) is 11.5 Å². The Morgan fingerprint density at radius 3 is 2.14 bits per heavy atom. The molecule has 0 spiro atoms. The first-order valence-corrected chi connectivity index (χ1v) is 17.1. The second-order valence-corrected chi connectivity index (χ2v) is 12.8. The summed E-state index contributed by atoms with van der Waals surface area (Å²) >= 11 is 1.38. The maximum absolute atomic E-state index is 14.0. The molecule has 0 radical (unpaired) electrons. The van der Waals surface area contributed by atoms with Crippen molar-refractivity contribution in [2.45, 2.75) is 82.0 Å². The number of hydrogen-bond acceptors (Lipinski definition) is 6. The van der Waals surface area contributed by atoms with E-state index in [1.54, 1.807) is 12.1 Å². The summed E-state index contributed by atoms with van der Waals surface area (Å²) in [5.74, 6) is 0.349. The van der Waals surface area contributed by atoms with E-state index in [-0.39, 0.29) is 60.9 Å². The number of nitrogen functional groups attached to an aromatic ring is 1. The van der Waals surface area contributed by atoms with Gasteiger partial charge in [0.1, 0.15) is 23.1 Å². The summed E-state index contributed by atoms with van der Waals surface area (Å²) in [6.07, 6.45) is -1.72. The second kappa shape index (κ2) is 18.6. The number of benzene rings is 3. The average molecular weight is 719 g/mol. The highest BCUT2D eigenvalue weighted by Gasteiger charge is 2.33. The van der Waals surface area contributed by atoms with E-state index in [9.17, 15) is 35.9 Å². The minimum atomic E-state index is -4.64. The Labute approximate surface area is 292 Å². The monoisotopic (exact) mass is 718 g/mol. The molecule has 3 N–H and O–H groups in total. The highest BCUT2D eigenvalue weighted by Crippen LogP contribution is 2.38. The Morgan fingerprint density at radius 2 is 1.50 bits per heavy atom. The van der Waals surface area contributed by atoms with E-state index in [4.69, 9.17) is 15.9 Å². The van der Waals surface area contributed by atoms with Crippen molar-refractivity contribution in [3.63, 3.8) is 0 Å². The van der Waals surface area contributed by atoms with Crippen molar-refractivity contribution >= 4 is 34.7 Å². The number of Topliss-reactive ketones (excluding diaryl/α,β-unsaturated/α-hetero) is 2. The zero-order valence-corrected chi connectivity index (χ0v) is 28.5. The molecule has 0 saturated carbocycles. The van der Waals surface area contributed by atoms with Gasteiger partial charge < -0.3 is 15.9 Å². The number of thioether (sulfide) groups is 1. The van der Waals surface area contributed by atoms with Crippen LogP contribution in [0.1, 0.15) is 73.3 Å². The summed E-state index contributed by atoms with van der Waals surface area (Å²) in [6.45, 7) is 5.47. The largest absolute Gasteiger partial charge is 0.457 e. The molecule has 0 bridgehead atoms. The summed E-state index contributed by atoms with van der Waals surface area (Å²) in [6, 6.07) is 11.2. The predicted molar refractivity (Wildman–Crippen MR) is 186 cm³/mol. The van der Waals surface area contributed by atoms with Gasteiger partial charge in [0.25, 0.3) is 0 Å². The van der Waals surface area contributed by atoms with Crippen LogP contribution in [0.5, 0.6) is 11.5 Å². The number of rotatable bonds is 19. The van der Waals surface area contributed by atoms with Gasteiger partial charge in [0.15, 0.2) is 0 Å². The molecule has 3 rings (SSSR count). The van der Waals surface area contributed by atoms with E-state index in [2.05, 4.69) is 6.58 Å². The minimum Gasteiger partial charge on any atom is -0.457 e. The van der Waals surface area contributed by atoms with E-state index in [0.717, 1.165) is 30.7 Å². The van der Waals surface area contributed by atoms with Gasteiger partial charge in [-0.2, -0.15) is 26.3 Å². The normalized spacial score (nSPS) is 11.9. The number of nitrogens with two attached hydrogens (primary N) is 1. The first-order chi connectivity index (χ1) is 23.6. The third kappa shape index (κ3) is 13.2. The fourth-order valence-corrected chi connectivity index (χ4v) is 6.07. The molecule has 0 aromatic heterocycles. The summed E-state index contributed by atoms with van der Waals surface area (Å²) < 4.78 is 86.8. The molecular formula is C38H40F6N2O3S. The van der Waals surface area contributed by atoms with Crippen LogP contribution in [0.15, 0.2) is 84.3 Å². The number of anilines is 1. The molecule has 3 aromatic rings. The Balaban J connectivity index is 1.69. The van der Waals surface area contributed by atoms with Crippen LogP contribution < -0.4 is 10.5 Å². The van der Waals surface area contributed by atoms with Gasteiger partial charge in [0.2, 0.25) is 0 Å². The molecule has 0 unspecified atom stereocenters. The topological polar surface area (TPSA) is 93.2 Å². The van der Waals surface area contributed by atoms with Crippen LogP contribution in [-0.4, -0.2) is 23.0 Å². The maximum atomic E-state index is 14.0. The number of ether oxygens (including phenoxy) is 1. The summed E-state index contributed by atoms with van der Waals surface area (Å²) in [4.78, 5) is 26.5. The van der Waals surface area contributed by atoms with Gasteiger partial charge in [0, 0.05) is 54.5 Å². The van der Waals surface area contributed by atoms with Crippen LogP contribution in [0.4, 0.5) is 32.0 Å². The Kier molecular flexibility index (Phi) is 14.9. The van der Waals surface area contributed by atoms with E-state index >= 15 is 0 Å². The number of carbonyl (C=O) groups is 2. The van der Waals surface area contributed by atoms with Crippen molar-refractivity contribution < 1.29 is 40.7 Å². The number of nitrogens with one attached hydrogen (secondary N) is 1. The standard InChI is InChI=1S/C38H40F6N2O3S/c1-3-17-50-36-26(19-28(37(39,40)41)20-27(36)21-32(47)10-8-6-5-7-9-30(45)4-2)13-14-33(48)18-25-11-15-34(16-12-25)49-35-23-29(38(42,43)44)22-31(46)24-35/h4-5,7,11-12,15-16,19-20,22-24,45H,2-3,6,8-10,13-14,17-18,21,46H2,1H3/b7-5+,45-30?. The van der Waals surface area contributed by atoms with Crippen molar-refractivity contribution in [2.24, 2.45) is 0 Å². The Hall–Kier alpha value is -4.32. The number of halogens is 6. The van der Waals surface area contributed by atoms with Gasteiger partial charge in [-0.1, -0.05) is 37.8 Å². The van der Waals surface area contributed by atoms with E-state index in [0.29, 0.717) is 52.3 Å². The average Bonchev–Trinajstić information content (AvgIpc) is 3.04. The third-order valence-corrected chi connectivity index (χ3v) is 8.90. The number of unbranched alkanes of at least 4 members (excludes halogenated alkanes) is 1. The molecule has 0 aliphatic carbocycles. The second-order valence-electron chi connectivity index (χ2n) is 11.7. The zero-order valence-electron chi connectivity index (χ0n) is 27.7. The molecule has 12 heteroatoms. The molecule has 3 aromatic carbocycles. The molecule has 0 fully saturated rings. The van der Waals surface area contributed by atoms with Crippen LogP contribution in [0.25, 0.3) is 0 Å². The summed E-state index contributed by atoms with van der Waals surface area (Å²) in [5, 5.41) is 7.57. The van der Waals surface area contributed by atoms with Gasteiger partial charge >= 0.3 is 12.4 Å². The van der Waals surface area contributed by atoms with Crippen LogP contribution in [0, 0.1) is 5.41 Å². The Bertz CT molecular complexity index is 1680. The van der Waals surface area contributed by atoms with Crippen molar-refractivity contribution in [3.8, 4) is 11.5 Å². The van der Waals surface area contributed by atoms with E-state index in [1.807, 2.05) is 19.1 Å². The molecule has 268 valence electrons. The lowest BCUT2D eigenvalue weighted by atomic mass is 9.96. The number of alkyl halides is 6. The van der Waals surface area contributed by atoms with Crippen molar-refractivity contribution in [1.82, 2.24) is 0 Å². The molecule has 5 nitrogen and oxygen atoms in total. The van der Waals surface area contributed by atoms with E-state index in [1.165, 1.54) is 36.0 Å². The summed E-state index contributed by atoms with van der Waals surface area (Å²) in [5.41, 5.74) is 5.30. The SMILES string of the molecule is C=CC(=N)C/C=C/CCCC(=O)Cc1cc(C(F)(F)F)cc(CCC(=O)Cc2ccc(Oc3cc(N)cc(C(F)(F)F)c3)cc2)c1SCCC. The van der Waals surface area contributed by atoms with Crippen molar-refractivity contribution in [1.29, 1.82) is 5.41 Å². The first kappa shape index (κ1) is 40.1. The fraction of sp³-hybridized carbons (Fsp3) is 0.342. The van der Waals surface area contributed by atoms with Gasteiger partial charge in [0.05, 0.1) is 11.1 Å². The van der Waals surface area contributed by atoms with Crippen LogP contribution in [-0.2, 0) is 41.2 Å². The summed E-state index contributed by atoms with van der Waals surface area (Å²) in [7, 11) is 0. The lowest BCUT2D eigenvalue weighted by Gasteiger charge is -2.18. The van der Waals surface area contributed by atoms with Gasteiger partial charge in [-0.25, -0.2) is 0 Å². The smallest absolute Gasteiger partial charge is 0.416 e. The molecule has 0 aliphatic rings. The van der Waals surface area contributed by atoms with Crippen LogP contribution in [0.3, 0.4) is 0 Å². The maximum Gasteiger partial charge on any atom is 0.416 e. The number of allylic oxidation sites excluding steroid dienone is 3. The number of aryl methyl sites for hydroxylation is 1. The van der Waals surface area contributed by atoms with Crippen LogP contribution in [0.2, 0.25) is 0 Å². The molecule has 0 amide bonds. The zero-order chi connectivity index (χ0) is 36.9. The number of hydrogen-bond donors (Lipinski definition) is 2. The number of carbonyl (C=O) groups excluding carboxylic acids is 2. The van der Waals surface area contributed by atoms with E-state index < -0.39 is 23.5 Å². The lowest BCUT2D eigenvalue weighted by molar-refractivity contribution is -0.138. The fourth-order valence-electron chi connectivity index (χ4n) is 5.00. The third-order valence-electron chi connectivity index (χ3n) is 7.48. The molecule has 0 atom stereocenters. The van der Waals surface area contributed by atoms with Gasteiger partial charge in [-0.15, -0.1) is 11.8 Å². The molecule has 0 aliphatic heterocycles. The first-order valence-electron chi connectivity index (χ1n) is 16.1. The Morgan fingerprint density at radius 1 is 0.860 bits per heavy atom. The van der Waals surface area contributed by atoms with Gasteiger partial charge in [-0.3, -0.25) is 9.59 Å².